The van der Waals surface area contributed by atoms with Gasteiger partial charge in [0.1, 0.15) is 19.2 Å². The molecule has 1 aromatic carbocycles. The highest BCUT2D eigenvalue weighted by Gasteiger charge is 2.28. The van der Waals surface area contributed by atoms with Gasteiger partial charge in [0.15, 0.2) is 0 Å². The normalized spacial score (nSPS) is 15.1. The second-order valence-corrected chi connectivity index (χ2v) is 6.01. The fraction of sp³-hybridized carbons (Fsp3) is 0.412. The van der Waals surface area contributed by atoms with Crippen LogP contribution in [0.5, 0.6) is 0 Å². The van der Waals surface area contributed by atoms with Gasteiger partial charge in [0.25, 0.3) is 5.91 Å². The molecule has 1 aromatic heterocycles. The Balaban J connectivity index is 1.86. The Labute approximate surface area is 145 Å². The maximum Gasteiger partial charge on any atom is 0.323 e. The van der Waals surface area contributed by atoms with E-state index >= 15 is 0 Å². The number of carboxylic acid groups (broad SMARTS) is 1. The molecule has 2 heterocycles. The molecule has 1 amide bonds. The zero-order valence-electron chi connectivity index (χ0n) is 14.0. The predicted octanol–water partition coefficient (Wildman–Crippen LogP) is 1.28. The number of nitrogens with zero attached hydrogens (tertiary/aromatic N) is 4. The summed E-state index contributed by atoms with van der Waals surface area (Å²) >= 11 is 0. The largest absolute Gasteiger partial charge is 0.480 e. The van der Waals surface area contributed by atoms with Gasteiger partial charge in [-0.25, -0.2) is 9.67 Å². The Morgan fingerprint density at radius 2 is 2.12 bits per heavy atom. The second kappa shape index (κ2) is 7.43. The van der Waals surface area contributed by atoms with Crippen LogP contribution in [0.3, 0.4) is 0 Å². The van der Waals surface area contributed by atoms with Gasteiger partial charge in [-0.3, -0.25) is 9.59 Å². The molecule has 1 aliphatic rings. The fourth-order valence-corrected chi connectivity index (χ4v) is 3.05. The van der Waals surface area contributed by atoms with E-state index in [2.05, 4.69) is 10.1 Å². The van der Waals surface area contributed by atoms with Crippen LogP contribution < -0.4 is 0 Å². The molecule has 1 saturated heterocycles. The molecular weight excluding hydrogens is 324 g/mol. The van der Waals surface area contributed by atoms with Crippen molar-refractivity contribution in [1.29, 1.82) is 0 Å². The second-order valence-electron chi connectivity index (χ2n) is 6.01. The number of aliphatic carboxylic acids is 1. The lowest BCUT2D eigenvalue weighted by Crippen LogP contribution is -2.46. The molecule has 8 nitrogen and oxygen atoms in total. The van der Waals surface area contributed by atoms with Crippen molar-refractivity contribution >= 4 is 11.9 Å². The third-order valence-electron chi connectivity index (χ3n) is 4.31. The van der Waals surface area contributed by atoms with Crippen LogP contribution in [0.15, 0.2) is 30.9 Å². The number of rotatable bonds is 5. The number of amides is 1. The van der Waals surface area contributed by atoms with Gasteiger partial charge in [-0.15, -0.1) is 0 Å². The first-order valence-electron chi connectivity index (χ1n) is 8.12. The Kier molecular flexibility index (Phi) is 5.08. The van der Waals surface area contributed by atoms with E-state index in [1.54, 1.807) is 29.2 Å². The minimum atomic E-state index is -1.02. The Morgan fingerprint density at radius 3 is 2.72 bits per heavy atom. The van der Waals surface area contributed by atoms with Crippen molar-refractivity contribution in [2.75, 3.05) is 19.8 Å². The fourth-order valence-electron chi connectivity index (χ4n) is 3.05. The van der Waals surface area contributed by atoms with Crippen LogP contribution in [-0.2, 0) is 9.53 Å². The highest BCUT2D eigenvalue weighted by molar-refractivity contribution is 5.96. The van der Waals surface area contributed by atoms with Crippen molar-refractivity contribution in [3.8, 4) is 5.69 Å². The number of carbonyl (C=O) groups excluding carboxylic acids is 1. The van der Waals surface area contributed by atoms with E-state index in [1.807, 2.05) is 6.92 Å². The summed E-state index contributed by atoms with van der Waals surface area (Å²) in [6, 6.07) is 5.13. The molecule has 0 saturated carbocycles. The average Bonchev–Trinajstić information content (AvgIpc) is 3.14. The number of carbonyl (C=O) groups is 2. The van der Waals surface area contributed by atoms with E-state index in [-0.39, 0.29) is 18.5 Å². The monoisotopic (exact) mass is 344 g/mol. The molecule has 1 N–H and O–H groups in total. The van der Waals surface area contributed by atoms with E-state index < -0.39 is 5.97 Å². The maximum absolute atomic E-state index is 12.9. The molecule has 0 unspecified atom stereocenters. The van der Waals surface area contributed by atoms with Crippen molar-refractivity contribution in [2.24, 2.45) is 0 Å². The van der Waals surface area contributed by atoms with Crippen molar-refractivity contribution in [2.45, 2.75) is 25.8 Å². The third-order valence-corrected chi connectivity index (χ3v) is 4.31. The van der Waals surface area contributed by atoms with Crippen LogP contribution in [0.25, 0.3) is 5.69 Å². The van der Waals surface area contributed by atoms with E-state index in [0.29, 0.717) is 31.6 Å². The first-order valence-corrected chi connectivity index (χ1v) is 8.12. The van der Waals surface area contributed by atoms with Crippen LogP contribution in [0.1, 0.15) is 28.8 Å². The SMILES string of the molecule is Cc1cc(C(=O)N(CC(=O)O)C2CCOCC2)ccc1-n1cncn1. The molecule has 0 atom stereocenters. The van der Waals surface area contributed by atoms with Gasteiger partial charge in [-0.05, 0) is 43.5 Å². The lowest BCUT2D eigenvalue weighted by Gasteiger charge is -2.33. The summed E-state index contributed by atoms with van der Waals surface area (Å²) in [5, 5.41) is 13.3. The Hall–Kier alpha value is -2.74. The van der Waals surface area contributed by atoms with Crippen molar-refractivity contribution < 1.29 is 19.4 Å². The van der Waals surface area contributed by atoms with E-state index in [4.69, 9.17) is 4.74 Å². The third kappa shape index (κ3) is 3.85. The highest BCUT2D eigenvalue weighted by Crippen LogP contribution is 2.20. The maximum atomic E-state index is 12.9. The van der Waals surface area contributed by atoms with Gasteiger partial charge in [0.05, 0.1) is 5.69 Å². The smallest absolute Gasteiger partial charge is 0.323 e. The number of hydrogen-bond donors (Lipinski definition) is 1. The van der Waals surface area contributed by atoms with E-state index in [1.165, 1.54) is 11.2 Å². The van der Waals surface area contributed by atoms with Gasteiger partial charge >= 0.3 is 5.97 Å². The molecule has 2 aromatic rings. The summed E-state index contributed by atoms with van der Waals surface area (Å²) in [6.45, 7) is 2.65. The zero-order chi connectivity index (χ0) is 17.8. The lowest BCUT2D eigenvalue weighted by atomic mass is 10.0. The van der Waals surface area contributed by atoms with Gasteiger partial charge in [-0.2, -0.15) is 5.10 Å². The van der Waals surface area contributed by atoms with Crippen LogP contribution in [0.2, 0.25) is 0 Å². The molecule has 25 heavy (non-hydrogen) atoms. The number of carboxylic acids is 1. The summed E-state index contributed by atoms with van der Waals surface area (Å²) in [5.41, 5.74) is 2.15. The molecule has 0 bridgehead atoms. The number of ether oxygens (including phenoxy) is 1. The number of aromatic nitrogens is 3. The highest BCUT2D eigenvalue weighted by atomic mass is 16.5. The molecule has 0 radical (unpaired) electrons. The molecule has 0 spiro atoms. The topological polar surface area (TPSA) is 97.6 Å². The molecule has 8 heteroatoms. The summed E-state index contributed by atoms with van der Waals surface area (Å²) in [6.07, 6.45) is 4.32. The van der Waals surface area contributed by atoms with Crippen molar-refractivity contribution in [3.63, 3.8) is 0 Å². The minimum absolute atomic E-state index is 0.118. The summed E-state index contributed by atoms with van der Waals surface area (Å²) < 4.78 is 6.94. The molecular formula is C17H20N4O4. The zero-order valence-corrected chi connectivity index (χ0v) is 14.0. The summed E-state index contributed by atoms with van der Waals surface area (Å²) in [7, 11) is 0. The van der Waals surface area contributed by atoms with Gasteiger partial charge in [0.2, 0.25) is 0 Å². The van der Waals surface area contributed by atoms with Crippen LogP contribution in [-0.4, -0.2) is 62.4 Å². The van der Waals surface area contributed by atoms with Crippen molar-refractivity contribution in [1.82, 2.24) is 19.7 Å². The number of benzene rings is 1. The summed E-state index contributed by atoms with van der Waals surface area (Å²) in [5.74, 6) is -1.29. The standard InChI is InChI=1S/C17H20N4O4/c1-12-8-13(2-3-15(12)21-11-18-10-19-21)17(24)20(9-16(22)23)14-4-6-25-7-5-14/h2-3,8,10-11,14H,4-7,9H2,1H3,(H,22,23). The molecule has 0 aliphatic carbocycles. The Morgan fingerprint density at radius 1 is 1.36 bits per heavy atom. The van der Waals surface area contributed by atoms with Crippen LogP contribution in [0.4, 0.5) is 0 Å². The van der Waals surface area contributed by atoms with Crippen LogP contribution >= 0.6 is 0 Å². The van der Waals surface area contributed by atoms with E-state index in [9.17, 15) is 14.7 Å². The quantitative estimate of drug-likeness (QED) is 0.877. The Bertz CT molecular complexity index is 754. The average molecular weight is 344 g/mol. The van der Waals surface area contributed by atoms with Gasteiger partial charge in [-0.1, -0.05) is 0 Å². The number of aryl methyl sites for hydroxylation is 1. The molecule has 1 fully saturated rings. The van der Waals surface area contributed by atoms with E-state index in [0.717, 1.165) is 11.3 Å². The van der Waals surface area contributed by atoms with Crippen LogP contribution in [0, 0.1) is 6.92 Å². The number of hydrogen-bond acceptors (Lipinski definition) is 5. The van der Waals surface area contributed by atoms with Gasteiger partial charge < -0.3 is 14.7 Å². The van der Waals surface area contributed by atoms with Gasteiger partial charge in [0, 0.05) is 24.8 Å². The molecule has 3 rings (SSSR count). The lowest BCUT2D eigenvalue weighted by molar-refractivity contribution is -0.138. The predicted molar refractivity (Wildman–Crippen MR) is 88.6 cm³/mol. The minimum Gasteiger partial charge on any atom is -0.480 e. The molecule has 1 aliphatic heterocycles. The van der Waals surface area contributed by atoms with Crippen molar-refractivity contribution in [3.05, 3.63) is 42.0 Å². The first kappa shape index (κ1) is 17.1. The summed E-state index contributed by atoms with van der Waals surface area (Å²) in [4.78, 5) is 29.5. The first-order chi connectivity index (χ1) is 12.1. The molecule has 132 valence electrons.